The molecule has 2 saturated heterocycles. The average Bonchev–Trinajstić information content (AvgIpc) is 3.08. The molecule has 2 atom stereocenters. The third kappa shape index (κ3) is 7.72. The largest absolute Gasteiger partial charge is 0.497 e. The van der Waals surface area contributed by atoms with Gasteiger partial charge >= 0.3 is 6.18 Å². The van der Waals surface area contributed by atoms with Gasteiger partial charge < -0.3 is 15.0 Å². The summed E-state index contributed by atoms with van der Waals surface area (Å²) in [7, 11) is 1.56. The summed E-state index contributed by atoms with van der Waals surface area (Å²) in [5.74, 6) is -2.32. The number of amides is 2. The second-order valence-corrected chi connectivity index (χ2v) is 11.7. The second-order valence-electron chi connectivity index (χ2n) is 11.7. The van der Waals surface area contributed by atoms with E-state index in [1.165, 1.54) is 18.3 Å². The lowest BCUT2D eigenvalue weighted by Gasteiger charge is -2.39. The summed E-state index contributed by atoms with van der Waals surface area (Å²) in [5, 5.41) is 11.5. The minimum Gasteiger partial charge on any atom is -0.497 e. The Morgan fingerprint density at radius 2 is 1.63 bits per heavy atom. The number of pyridine rings is 1. The number of piperidine rings is 2. The second kappa shape index (κ2) is 14.1. The van der Waals surface area contributed by atoms with Crippen LogP contribution in [0, 0.1) is 23.2 Å². The molecule has 2 aliphatic rings. The Morgan fingerprint density at radius 1 is 0.957 bits per heavy atom. The lowest BCUT2D eigenvalue weighted by molar-refractivity contribution is -0.193. The summed E-state index contributed by atoms with van der Waals surface area (Å²) in [6, 6.07) is 17.3. The monoisotopic (exact) mass is 633 g/mol. The predicted octanol–water partition coefficient (Wildman–Crippen LogP) is 4.88. The van der Waals surface area contributed by atoms with E-state index in [1.807, 2.05) is 6.07 Å². The summed E-state index contributed by atoms with van der Waals surface area (Å²) >= 11 is 0. The molecule has 240 valence electrons. The van der Waals surface area contributed by atoms with E-state index in [-0.39, 0.29) is 41.8 Å². The first kappa shape index (κ1) is 32.6. The van der Waals surface area contributed by atoms with Crippen molar-refractivity contribution >= 4 is 17.6 Å². The molecule has 0 saturated carbocycles. The van der Waals surface area contributed by atoms with Crippen molar-refractivity contribution in [3.05, 3.63) is 94.8 Å². The molecule has 1 N–H and O–H groups in total. The number of aromatic nitrogens is 1. The number of alkyl halides is 3. The lowest BCUT2D eigenvalue weighted by atomic mass is 9.88. The molecule has 0 unspecified atom stereocenters. The zero-order valence-electron chi connectivity index (χ0n) is 25.3. The van der Waals surface area contributed by atoms with Crippen LogP contribution in [0.25, 0.3) is 0 Å². The third-order valence-electron chi connectivity index (χ3n) is 8.70. The van der Waals surface area contributed by atoms with E-state index < -0.39 is 24.0 Å². The van der Waals surface area contributed by atoms with E-state index in [9.17, 15) is 27.6 Å². The van der Waals surface area contributed by atoms with E-state index in [0.29, 0.717) is 55.9 Å². The van der Waals surface area contributed by atoms with Crippen molar-refractivity contribution in [3.63, 3.8) is 0 Å². The molecule has 2 fully saturated rings. The lowest BCUT2D eigenvalue weighted by Crippen LogP contribution is -2.55. The number of nitriles is 1. The number of nitrogens with zero attached hydrogens (tertiary/aromatic N) is 4. The van der Waals surface area contributed by atoms with Crippen LogP contribution in [0.5, 0.6) is 5.75 Å². The molecule has 12 heteroatoms. The Labute approximate surface area is 265 Å². The van der Waals surface area contributed by atoms with Gasteiger partial charge in [-0.3, -0.25) is 24.3 Å². The highest BCUT2D eigenvalue weighted by Gasteiger charge is 2.48. The fraction of sp³-hybridized carbons (Fsp3) is 0.382. The highest BCUT2D eigenvalue weighted by molar-refractivity contribution is 5.99. The number of halogens is 3. The Balaban J connectivity index is 1.14. The van der Waals surface area contributed by atoms with E-state index >= 15 is 0 Å². The molecule has 2 aliphatic heterocycles. The van der Waals surface area contributed by atoms with Crippen LogP contribution in [0.2, 0.25) is 0 Å². The van der Waals surface area contributed by atoms with Gasteiger partial charge in [0.2, 0.25) is 0 Å². The molecule has 5 rings (SSSR count). The first-order valence-corrected chi connectivity index (χ1v) is 15.1. The average molecular weight is 634 g/mol. The first-order chi connectivity index (χ1) is 22.0. The number of Topliss-reactive ketones (excluding diaryl/α,β-unsaturated/α-hetero) is 1. The van der Waals surface area contributed by atoms with Crippen molar-refractivity contribution in [3.8, 4) is 11.8 Å². The highest BCUT2D eigenvalue weighted by Crippen LogP contribution is 2.34. The van der Waals surface area contributed by atoms with E-state index in [1.54, 1.807) is 65.4 Å². The van der Waals surface area contributed by atoms with Gasteiger partial charge in [0.05, 0.1) is 30.2 Å². The van der Waals surface area contributed by atoms with Gasteiger partial charge in [-0.2, -0.15) is 18.4 Å². The smallest absolute Gasteiger partial charge is 0.394 e. The van der Waals surface area contributed by atoms with E-state index in [2.05, 4.69) is 10.3 Å². The molecule has 2 aromatic carbocycles. The standard InChI is InChI=1S/C34H34F3N5O4/c1-46-27-9-6-24(7-10-27)31(43)25-12-16-42(17-13-25)33(45)30-11-8-26(19-39-30)32(44)40-29-14-15-41(21-28(29)34(35,36)37)20-23-4-2-22(18-38)3-5-23/h2-11,19,25,28-29H,12-17,20-21H2,1H3,(H,40,44)/t28-,29+/m0/s1. The quantitative estimate of drug-likeness (QED) is 0.352. The van der Waals surface area contributed by atoms with Crippen LogP contribution in [0.4, 0.5) is 13.2 Å². The number of hydrogen-bond acceptors (Lipinski definition) is 7. The number of nitrogens with one attached hydrogen (secondary N) is 1. The summed E-state index contributed by atoms with van der Waals surface area (Å²) in [5.41, 5.74) is 2.04. The minimum absolute atomic E-state index is 0.0213. The van der Waals surface area contributed by atoms with Crippen molar-refractivity contribution in [1.82, 2.24) is 20.1 Å². The number of ether oxygens (including phenoxy) is 1. The van der Waals surface area contributed by atoms with Crippen molar-refractivity contribution in [2.75, 3.05) is 33.3 Å². The fourth-order valence-electron chi connectivity index (χ4n) is 6.01. The zero-order chi connectivity index (χ0) is 32.8. The SMILES string of the molecule is COc1ccc(C(=O)C2CCN(C(=O)c3ccc(C(=O)N[C@@H]4CCN(Cc5ccc(C#N)cc5)C[C@@H]4C(F)(F)F)cn3)CC2)cc1. The maximum atomic E-state index is 14.1. The van der Waals surface area contributed by atoms with Gasteiger partial charge in [-0.05, 0) is 73.4 Å². The Kier molecular flexibility index (Phi) is 10.0. The van der Waals surface area contributed by atoms with Crippen LogP contribution < -0.4 is 10.1 Å². The van der Waals surface area contributed by atoms with E-state index in [0.717, 1.165) is 5.56 Å². The van der Waals surface area contributed by atoms with Gasteiger partial charge in [-0.15, -0.1) is 0 Å². The normalized spacial score (nSPS) is 19.2. The number of carbonyl (C=O) groups excluding carboxylic acids is 3. The zero-order valence-corrected chi connectivity index (χ0v) is 25.3. The number of carbonyl (C=O) groups is 3. The van der Waals surface area contributed by atoms with Crippen molar-refractivity contribution < 1.29 is 32.3 Å². The van der Waals surface area contributed by atoms with Gasteiger partial charge in [0.1, 0.15) is 11.4 Å². The van der Waals surface area contributed by atoms with Crippen molar-refractivity contribution in [2.24, 2.45) is 11.8 Å². The third-order valence-corrected chi connectivity index (χ3v) is 8.70. The topological polar surface area (TPSA) is 116 Å². The van der Waals surface area contributed by atoms with Gasteiger partial charge in [0.15, 0.2) is 5.78 Å². The van der Waals surface area contributed by atoms with Crippen LogP contribution >= 0.6 is 0 Å². The molecular formula is C34H34F3N5O4. The molecule has 0 bridgehead atoms. The Morgan fingerprint density at radius 3 is 2.22 bits per heavy atom. The Hall–Kier alpha value is -4.76. The van der Waals surface area contributed by atoms with Gasteiger partial charge in [-0.1, -0.05) is 12.1 Å². The molecule has 3 aromatic rings. The van der Waals surface area contributed by atoms with Gasteiger partial charge in [-0.25, -0.2) is 0 Å². The van der Waals surface area contributed by atoms with Gasteiger partial charge in [0.25, 0.3) is 11.8 Å². The maximum Gasteiger partial charge on any atom is 0.394 e. The van der Waals surface area contributed by atoms with Crippen molar-refractivity contribution in [1.29, 1.82) is 5.26 Å². The molecule has 2 amide bonds. The molecule has 3 heterocycles. The number of benzene rings is 2. The number of rotatable bonds is 8. The number of ketones is 1. The van der Waals surface area contributed by atoms with E-state index in [4.69, 9.17) is 10.00 Å². The van der Waals surface area contributed by atoms with Crippen LogP contribution in [0.1, 0.15) is 61.6 Å². The number of likely N-dealkylation sites (tertiary alicyclic amines) is 2. The molecule has 0 radical (unpaired) electrons. The molecule has 9 nitrogen and oxygen atoms in total. The van der Waals surface area contributed by atoms with Crippen LogP contribution in [0.3, 0.4) is 0 Å². The molecule has 0 aliphatic carbocycles. The summed E-state index contributed by atoms with van der Waals surface area (Å²) in [6.45, 7) is 1.12. The van der Waals surface area contributed by atoms with Crippen molar-refractivity contribution in [2.45, 2.75) is 38.0 Å². The first-order valence-electron chi connectivity index (χ1n) is 15.1. The maximum absolute atomic E-state index is 14.1. The number of hydrogen-bond donors (Lipinski definition) is 1. The number of methoxy groups -OCH3 is 1. The summed E-state index contributed by atoms with van der Waals surface area (Å²) in [6.07, 6.45) is -2.21. The minimum atomic E-state index is -4.53. The summed E-state index contributed by atoms with van der Waals surface area (Å²) < 4.78 is 47.3. The predicted molar refractivity (Wildman–Crippen MR) is 162 cm³/mol. The molecule has 0 spiro atoms. The van der Waals surface area contributed by atoms with Crippen LogP contribution in [-0.4, -0.2) is 77.9 Å². The molecule has 46 heavy (non-hydrogen) atoms. The van der Waals surface area contributed by atoms with Gasteiger partial charge in [0, 0.05) is 56.4 Å². The van der Waals surface area contributed by atoms with Crippen LogP contribution in [-0.2, 0) is 6.54 Å². The summed E-state index contributed by atoms with van der Waals surface area (Å²) in [4.78, 5) is 46.4. The Bertz CT molecular complexity index is 1580. The molecular weight excluding hydrogens is 599 g/mol. The molecule has 1 aromatic heterocycles. The van der Waals surface area contributed by atoms with Crippen LogP contribution in [0.15, 0.2) is 66.9 Å². The highest BCUT2D eigenvalue weighted by atomic mass is 19.4. The fourth-order valence-corrected chi connectivity index (χ4v) is 6.01.